The molecule has 0 aromatic rings. The van der Waals surface area contributed by atoms with E-state index in [4.69, 9.17) is 10.2 Å². The molecule has 0 saturated carbocycles. The van der Waals surface area contributed by atoms with Crippen molar-refractivity contribution in [1.29, 1.82) is 0 Å². The van der Waals surface area contributed by atoms with Gasteiger partial charge in [-0.1, -0.05) is 0 Å². The van der Waals surface area contributed by atoms with Crippen LogP contribution >= 0.6 is 0 Å². The molecule has 0 spiro atoms. The number of aliphatic imine (C=N–C) groups is 1. The van der Waals surface area contributed by atoms with Crippen LogP contribution in [0.5, 0.6) is 0 Å². The van der Waals surface area contributed by atoms with Crippen molar-refractivity contribution in [1.82, 2.24) is 0 Å². The van der Waals surface area contributed by atoms with Crippen LogP contribution in [0.2, 0.25) is 0 Å². The van der Waals surface area contributed by atoms with Crippen molar-refractivity contribution in [2.75, 3.05) is 6.73 Å². The Labute approximate surface area is 57.0 Å². The quantitative estimate of drug-likeness (QED) is 0.396. The summed E-state index contributed by atoms with van der Waals surface area (Å²) in [6, 6.07) is 0. The van der Waals surface area contributed by atoms with E-state index < -0.39 is 24.2 Å². The second-order valence-corrected chi connectivity index (χ2v) is 1.51. The molecule has 0 heterocycles. The van der Waals surface area contributed by atoms with Crippen LogP contribution in [0.4, 0.5) is 0 Å². The number of carboxylic acids is 1. The van der Waals surface area contributed by atoms with Crippen LogP contribution in [0, 0.1) is 0 Å². The Bertz CT molecular complexity index is 168. The minimum atomic E-state index is -1.42. The number of rotatable bonds is 3. The van der Waals surface area contributed by atoms with Crippen LogP contribution in [0.15, 0.2) is 4.99 Å². The molecular formula is C5H7NO4. The Morgan fingerprint density at radius 2 is 2.00 bits per heavy atom. The van der Waals surface area contributed by atoms with Crippen LogP contribution in [0.1, 0.15) is 6.92 Å². The van der Waals surface area contributed by atoms with Gasteiger partial charge in [0.2, 0.25) is 0 Å². The van der Waals surface area contributed by atoms with Gasteiger partial charge >= 0.3 is 5.97 Å². The molecule has 0 radical (unpaired) electrons. The second kappa shape index (κ2) is 3.73. The average molecular weight is 145 g/mol. The van der Waals surface area contributed by atoms with Crippen molar-refractivity contribution in [2.24, 2.45) is 4.99 Å². The van der Waals surface area contributed by atoms with Gasteiger partial charge in [-0.3, -0.25) is 4.79 Å². The first-order valence-electron chi connectivity index (χ1n) is 2.49. The lowest BCUT2D eigenvalue weighted by Crippen LogP contribution is -2.21. The highest BCUT2D eigenvalue weighted by Crippen LogP contribution is 1.81. The predicted octanol–water partition coefficient (Wildman–Crippen LogP) is -0.949. The Morgan fingerprint density at radius 1 is 1.50 bits per heavy atom. The zero-order chi connectivity index (χ0) is 8.15. The van der Waals surface area contributed by atoms with Crippen molar-refractivity contribution in [2.45, 2.75) is 6.92 Å². The molecule has 0 aromatic heterocycles. The van der Waals surface area contributed by atoms with E-state index in [9.17, 15) is 9.59 Å². The van der Waals surface area contributed by atoms with E-state index in [0.717, 1.165) is 6.92 Å². The smallest absolute Gasteiger partial charge is 0.357 e. The van der Waals surface area contributed by atoms with Crippen molar-refractivity contribution < 1.29 is 19.8 Å². The third-order valence-electron chi connectivity index (χ3n) is 0.765. The van der Waals surface area contributed by atoms with Gasteiger partial charge in [-0.15, -0.1) is 0 Å². The summed E-state index contributed by atoms with van der Waals surface area (Å²) in [6.45, 7) is 0.393. The summed E-state index contributed by atoms with van der Waals surface area (Å²) in [5.74, 6) is -2.08. The molecule has 0 aliphatic heterocycles. The van der Waals surface area contributed by atoms with Crippen molar-refractivity contribution in [3.63, 3.8) is 0 Å². The lowest BCUT2D eigenvalue weighted by molar-refractivity contribution is -0.130. The van der Waals surface area contributed by atoms with Crippen molar-refractivity contribution in [3.8, 4) is 0 Å². The molecule has 0 amide bonds. The maximum Gasteiger partial charge on any atom is 0.357 e. The first-order chi connectivity index (χ1) is 4.59. The van der Waals surface area contributed by atoms with Crippen LogP contribution in [-0.4, -0.2) is 34.4 Å². The summed E-state index contributed by atoms with van der Waals surface area (Å²) >= 11 is 0. The normalized spacial score (nSPS) is 11.2. The molecule has 0 rings (SSSR count). The van der Waals surface area contributed by atoms with Crippen LogP contribution in [0.3, 0.4) is 0 Å². The molecule has 2 N–H and O–H groups in total. The predicted molar refractivity (Wildman–Crippen MR) is 32.8 cm³/mol. The highest BCUT2D eigenvalue weighted by Gasteiger charge is 2.13. The Balaban J connectivity index is 4.42. The zero-order valence-electron chi connectivity index (χ0n) is 5.37. The van der Waals surface area contributed by atoms with Gasteiger partial charge in [-0.2, -0.15) is 0 Å². The maximum atomic E-state index is 10.4. The molecule has 5 nitrogen and oxygen atoms in total. The molecule has 56 valence electrons. The molecule has 10 heavy (non-hydrogen) atoms. The first kappa shape index (κ1) is 8.77. The van der Waals surface area contributed by atoms with Gasteiger partial charge in [-0.25, -0.2) is 9.79 Å². The zero-order valence-corrected chi connectivity index (χ0v) is 5.37. The summed E-state index contributed by atoms with van der Waals surface area (Å²) in [5.41, 5.74) is -0.623. The van der Waals surface area contributed by atoms with Crippen molar-refractivity contribution in [3.05, 3.63) is 0 Å². The third kappa shape index (κ3) is 2.36. The minimum absolute atomic E-state index is 0.623. The topological polar surface area (TPSA) is 87.0 Å². The summed E-state index contributed by atoms with van der Waals surface area (Å²) in [6.07, 6.45) is 0. The number of carbonyl (C=O) groups is 2. The number of ketones is 1. The molecule has 0 atom stereocenters. The molecule has 5 heteroatoms. The maximum absolute atomic E-state index is 10.4. The fourth-order valence-electron chi connectivity index (χ4n) is 0.400. The number of Topliss-reactive ketones (excluding diaryl/α,β-unsaturated/α-hetero) is 1. The molecule has 0 aliphatic carbocycles. The number of aliphatic hydroxyl groups is 1. The molecule has 0 bridgehead atoms. The van der Waals surface area contributed by atoms with Gasteiger partial charge in [0.15, 0.2) is 11.5 Å². The van der Waals surface area contributed by atoms with Gasteiger partial charge in [0.1, 0.15) is 6.73 Å². The van der Waals surface area contributed by atoms with E-state index in [1.165, 1.54) is 0 Å². The van der Waals surface area contributed by atoms with E-state index in [0.29, 0.717) is 0 Å². The Kier molecular flexibility index (Phi) is 3.27. The SMILES string of the molecule is CC(=O)C(=NCO)C(=O)O. The number of carboxylic acid groups (broad SMARTS) is 1. The number of carbonyl (C=O) groups excluding carboxylic acids is 1. The van der Waals surface area contributed by atoms with Gasteiger partial charge in [0.25, 0.3) is 0 Å². The number of hydrogen-bond donors (Lipinski definition) is 2. The average Bonchev–Trinajstić information content (AvgIpc) is 1.81. The standard InChI is InChI=1S/C5H7NO4/c1-3(8)4(5(9)10)6-2-7/h7H,2H2,1H3,(H,9,10). The van der Waals surface area contributed by atoms with Crippen LogP contribution in [-0.2, 0) is 9.59 Å². The molecular weight excluding hydrogens is 138 g/mol. The van der Waals surface area contributed by atoms with E-state index in [-0.39, 0.29) is 0 Å². The second-order valence-electron chi connectivity index (χ2n) is 1.51. The van der Waals surface area contributed by atoms with Gasteiger partial charge in [0.05, 0.1) is 0 Å². The fourth-order valence-corrected chi connectivity index (χ4v) is 0.400. The molecule has 0 aliphatic rings. The summed E-state index contributed by atoms with van der Waals surface area (Å²) in [4.78, 5) is 23.5. The van der Waals surface area contributed by atoms with E-state index in [1.54, 1.807) is 0 Å². The van der Waals surface area contributed by atoms with E-state index in [2.05, 4.69) is 4.99 Å². The first-order valence-corrected chi connectivity index (χ1v) is 2.49. The summed E-state index contributed by atoms with van der Waals surface area (Å²) in [5, 5.41) is 16.3. The monoisotopic (exact) mass is 145 g/mol. The van der Waals surface area contributed by atoms with Crippen molar-refractivity contribution >= 4 is 17.5 Å². The van der Waals surface area contributed by atoms with Crippen LogP contribution < -0.4 is 0 Å². The van der Waals surface area contributed by atoms with Gasteiger partial charge < -0.3 is 10.2 Å². The number of nitrogens with zero attached hydrogens (tertiary/aromatic N) is 1. The largest absolute Gasteiger partial charge is 0.476 e. The van der Waals surface area contributed by atoms with Gasteiger partial charge in [-0.05, 0) is 0 Å². The minimum Gasteiger partial charge on any atom is -0.476 e. The summed E-state index contributed by atoms with van der Waals surface area (Å²) < 4.78 is 0. The third-order valence-corrected chi connectivity index (χ3v) is 0.765. The van der Waals surface area contributed by atoms with E-state index in [1.807, 2.05) is 0 Å². The molecule has 0 aromatic carbocycles. The van der Waals surface area contributed by atoms with E-state index >= 15 is 0 Å². The highest BCUT2D eigenvalue weighted by molar-refractivity contribution is 6.63. The highest BCUT2D eigenvalue weighted by atomic mass is 16.4. The Hall–Kier alpha value is -1.23. The number of aliphatic carboxylic acids is 1. The fraction of sp³-hybridized carbons (Fsp3) is 0.400. The lowest BCUT2D eigenvalue weighted by atomic mass is 10.3. The Morgan fingerprint density at radius 3 is 2.10 bits per heavy atom. The number of hydrogen-bond acceptors (Lipinski definition) is 4. The summed E-state index contributed by atoms with van der Waals surface area (Å²) in [7, 11) is 0. The number of aliphatic hydroxyl groups excluding tert-OH is 1. The molecule has 0 saturated heterocycles. The molecule has 0 unspecified atom stereocenters. The van der Waals surface area contributed by atoms with Gasteiger partial charge in [0, 0.05) is 6.92 Å². The lowest BCUT2D eigenvalue weighted by Gasteiger charge is -1.91. The molecule has 0 fully saturated rings. The van der Waals surface area contributed by atoms with Crippen LogP contribution in [0.25, 0.3) is 0 Å².